The Bertz CT molecular complexity index is 1320. The second-order valence-electron chi connectivity index (χ2n) is 7.53. The Morgan fingerprint density at radius 3 is 2.03 bits per heavy atom. The number of alkyl halides is 6. The minimum atomic E-state index is -5.10. The number of amides is 1. The Labute approximate surface area is 194 Å². The summed E-state index contributed by atoms with van der Waals surface area (Å²) in [4.78, 5) is 24.6. The van der Waals surface area contributed by atoms with Gasteiger partial charge in [0, 0.05) is 27.8 Å². The van der Waals surface area contributed by atoms with E-state index >= 15 is 0 Å². The number of halogens is 6. The molecule has 35 heavy (non-hydrogen) atoms. The third-order valence-corrected chi connectivity index (χ3v) is 4.95. The molecule has 16 heteroatoms. The SMILES string of the molecule is C[C@H](NC(=O)c1cc(C(F)(F)F)cc(C(F)(F)F)c1)c1ncnn1-c1ncc(N=S(C)(C)=O)cn1. The van der Waals surface area contributed by atoms with Crippen molar-refractivity contribution in [3.8, 4) is 5.95 Å². The lowest BCUT2D eigenvalue weighted by atomic mass is 10.0. The van der Waals surface area contributed by atoms with Crippen LogP contribution in [-0.2, 0) is 22.1 Å². The number of rotatable bonds is 5. The Hall–Kier alpha value is -3.56. The summed E-state index contributed by atoms with van der Waals surface area (Å²) >= 11 is 0. The van der Waals surface area contributed by atoms with Gasteiger partial charge in [-0.25, -0.2) is 19.2 Å². The number of hydrogen-bond donors (Lipinski definition) is 1. The first-order valence-corrected chi connectivity index (χ1v) is 11.9. The number of nitrogens with zero attached hydrogens (tertiary/aromatic N) is 6. The van der Waals surface area contributed by atoms with E-state index in [2.05, 4.69) is 29.7 Å². The maximum Gasteiger partial charge on any atom is 0.416 e. The van der Waals surface area contributed by atoms with Crippen LogP contribution in [0.25, 0.3) is 5.95 Å². The van der Waals surface area contributed by atoms with E-state index in [1.807, 2.05) is 0 Å². The maximum absolute atomic E-state index is 13.1. The average Bonchev–Trinajstić information content (AvgIpc) is 3.21. The van der Waals surface area contributed by atoms with Gasteiger partial charge in [-0.1, -0.05) is 0 Å². The standard InChI is InChI=1S/C19H17F6N7O2S/c1-10(15-28-9-29-32(15)17-26-7-14(8-27-17)31-35(2,3)34)30-16(33)11-4-12(18(20,21)22)6-13(5-11)19(23,24)25/h4-10H,1-3H3,(H,30,33)/t10-/m0/s1. The van der Waals surface area contributed by atoms with Gasteiger partial charge in [0.1, 0.15) is 12.0 Å². The molecule has 2 aromatic heterocycles. The summed E-state index contributed by atoms with van der Waals surface area (Å²) in [5.41, 5.74) is -3.84. The van der Waals surface area contributed by atoms with Crippen LogP contribution in [0.3, 0.4) is 0 Å². The molecule has 188 valence electrons. The molecule has 9 nitrogen and oxygen atoms in total. The van der Waals surface area contributed by atoms with Gasteiger partial charge in [-0.2, -0.15) is 40.5 Å². The maximum atomic E-state index is 13.1. The molecule has 0 radical (unpaired) electrons. The van der Waals surface area contributed by atoms with E-state index in [0.717, 1.165) is 11.0 Å². The summed E-state index contributed by atoms with van der Waals surface area (Å²) in [6.07, 6.45) is -3.72. The molecule has 0 saturated heterocycles. The van der Waals surface area contributed by atoms with Crippen molar-refractivity contribution in [3.05, 3.63) is 59.4 Å². The highest BCUT2D eigenvalue weighted by Crippen LogP contribution is 2.36. The molecule has 1 aromatic carbocycles. The summed E-state index contributed by atoms with van der Waals surface area (Å²) in [7, 11) is -2.46. The molecule has 0 spiro atoms. The molecule has 1 amide bonds. The van der Waals surface area contributed by atoms with Crippen LogP contribution in [0.4, 0.5) is 32.0 Å². The fraction of sp³-hybridized carbons (Fsp3) is 0.316. The van der Waals surface area contributed by atoms with Crippen LogP contribution in [0.5, 0.6) is 0 Å². The number of carbonyl (C=O) groups is 1. The zero-order valence-electron chi connectivity index (χ0n) is 18.2. The summed E-state index contributed by atoms with van der Waals surface area (Å²) < 4.78 is 95.3. The van der Waals surface area contributed by atoms with E-state index in [1.54, 1.807) is 0 Å². The predicted molar refractivity (Wildman–Crippen MR) is 111 cm³/mol. The van der Waals surface area contributed by atoms with Crippen molar-refractivity contribution in [2.75, 3.05) is 12.5 Å². The van der Waals surface area contributed by atoms with E-state index in [1.165, 1.54) is 31.8 Å². The van der Waals surface area contributed by atoms with E-state index in [9.17, 15) is 35.3 Å². The van der Waals surface area contributed by atoms with E-state index in [-0.39, 0.29) is 23.5 Å². The van der Waals surface area contributed by atoms with E-state index in [4.69, 9.17) is 0 Å². The van der Waals surface area contributed by atoms with Crippen molar-refractivity contribution >= 4 is 21.3 Å². The fourth-order valence-corrected chi connectivity index (χ4v) is 3.46. The zero-order chi connectivity index (χ0) is 26.2. The van der Waals surface area contributed by atoms with Gasteiger partial charge in [-0.15, -0.1) is 0 Å². The molecular weight excluding hydrogens is 504 g/mol. The van der Waals surface area contributed by atoms with Crippen LogP contribution in [0, 0.1) is 0 Å². The van der Waals surface area contributed by atoms with Crippen molar-refractivity contribution in [2.45, 2.75) is 25.3 Å². The molecule has 2 heterocycles. The zero-order valence-corrected chi connectivity index (χ0v) is 19.0. The van der Waals surface area contributed by atoms with Gasteiger partial charge in [0.25, 0.3) is 11.9 Å². The van der Waals surface area contributed by atoms with Crippen LogP contribution in [0.15, 0.2) is 41.3 Å². The molecular formula is C19H17F6N7O2S. The van der Waals surface area contributed by atoms with Gasteiger partial charge >= 0.3 is 12.4 Å². The minimum absolute atomic E-state index is 0.0188. The molecule has 0 unspecified atom stereocenters. The first-order chi connectivity index (χ1) is 16.0. The Balaban J connectivity index is 1.89. The number of aromatic nitrogens is 5. The number of benzene rings is 1. The molecule has 0 aliphatic heterocycles. The van der Waals surface area contributed by atoms with Gasteiger partial charge < -0.3 is 5.32 Å². The number of carbonyl (C=O) groups excluding carboxylic acids is 1. The normalized spacial score (nSPS) is 13.4. The van der Waals surface area contributed by atoms with Gasteiger partial charge in [-0.3, -0.25) is 4.79 Å². The van der Waals surface area contributed by atoms with Crippen molar-refractivity contribution in [1.29, 1.82) is 0 Å². The van der Waals surface area contributed by atoms with Crippen molar-refractivity contribution in [1.82, 2.24) is 30.0 Å². The van der Waals surface area contributed by atoms with Crippen molar-refractivity contribution in [2.24, 2.45) is 4.36 Å². The van der Waals surface area contributed by atoms with Gasteiger partial charge in [0.05, 0.1) is 29.6 Å². The van der Waals surface area contributed by atoms with Crippen LogP contribution >= 0.6 is 0 Å². The second kappa shape index (κ2) is 9.24. The van der Waals surface area contributed by atoms with Crippen molar-refractivity contribution in [3.63, 3.8) is 0 Å². The third-order valence-electron chi connectivity index (χ3n) is 4.30. The molecule has 1 atom stereocenters. The number of nitrogens with one attached hydrogen (secondary N) is 1. The first kappa shape index (κ1) is 26.1. The molecule has 0 aliphatic carbocycles. The van der Waals surface area contributed by atoms with Crippen LogP contribution in [-0.4, -0.2) is 47.4 Å². The van der Waals surface area contributed by atoms with Gasteiger partial charge in [0.15, 0.2) is 5.82 Å². The quantitative estimate of drug-likeness (QED) is 0.509. The molecule has 1 N–H and O–H groups in total. The van der Waals surface area contributed by atoms with Gasteiger partial charge in [0.2, 0.25) is 0 Å². The van der Waals surface area contributed by atoms with Gasteiger partial charge in [-0.05, 0) is 25.1 Å². The van der Waals surface area contributed by atoms with E-state index in [0.29, 0.717) is 12.1 Å². The molecule has 0 fully saturated rings. The minimum Gasteiger partial charge on any atom is -0.342 e. The number of hydrogen-bond acceptors (Lipinski definition) is 7. The Morgan fingerprint density at radius 2 is 1.54 bits per heavy atom. The average molecular weight is 521 g/mol. The lowest BCUT2D eigenvalue weighted by Gasteiger charge is -2.16. The Kier molecular flexibility index (Phi) is 6.88. The topological polar surface area (TPSA) is 115 Å². The predicted octanol–water partition coefficient (Wildman–Crippen LogP) is 3.95. The molecule has 3 rings (SSSR count). The Morgan fingerprint density at radius 1 is 1.00 bits per heavy atom. The molecule has 0 aliphatic rings. The summed E-state index contributed by atoms with van der Waals surface area (Å²) in [6, 6.07) is -0.439. The summed E-state index contributed by atoms with van der Waals surface area (Å²) in [6.45, 7) is 1.39. The monoisotopic (exact) mass is 521 g/mol. The van der Waals surface area contributed by atoms with E-state index < -0.39 is 50.7 Å². The third kappa shape index (κ3) is 6.52. The molecule has 0 bridgehead atoms. The fourth-order valence-electron chi connectivity index (χ4n) is 2.86. The second-order valence-corrected chi connectivity index (χ2v) is 10.1. The largest absolute Gasteiger partial charge is 0.416 e. The summed E-state index contributed by atoms with van der Waals surface area (Å²) in [5, 5.41) is 6.23. The first-order valence-electron chi connectivity index (χ1n) is 9.54. The highest BCUT2D eigenvalue weighted by atomic mass is 32.2. The van der Waals surface area contributed by atoms with Crippen LogP contribution in [0.1, 0.15) is 40.3 Å². The molecule has 0 saturated carbocycles. The smallest absolute Gasteiger partial charge is 0.342 e. The highest BCUT2D eigenvalue weighted by molar-refractivity contribution is 7.92. The lowest BCUT2D eigenvalue weighted by molar-refractivity contribution is -0.143. The van der Waals surface area contributed by atoms with Crippen molar-refractivity contribution < 1.29 is 35.3 Å². The van der Waals surface area contributed by atoms with Crippen LogP contribution in [0.2, 0.25) is 0 Å². The lowest BCUT2D eigenvalue weighted by Crippen LogP contribution is -2.29. The highest BCUT2D eigenvalue weighted by Gasteiger charge is 2.37. The molecule has 3 aromatic rings. The van der Waals surface area contributed by atoms with Crippen LogP contribution < -0.4 is 5.32 Å². The summed E-state index contributed by atoms with van der Waals surface area (Å²) in [5.74, 6) is -1.17.